The predicted octanol–water partition coefficient (Wildman–Crippen LogP) is 2.44. The minimum Gasteiger partial charge on any atom is -0.548 e. The zero-order valence-electron chi connectivity index (χ0n) is 13.7. The minimum absolute atomic E-state index is 0.262. The molecule has 2 aromatic heterocycles. The molecule has 0 spiro atoms. The van der Waals surface area contributed by atoms with Gasteiger partial charge in [-0.15, -0.1) is 11.3 Å². The maximum Gasteiger partial charge on any atom is 0.263 e. The average Bonchev–Trinajstić information content (AvgIpc) is 2.97. The molecule has 0 aliphatic rings. The summed E-state index contributed by atoms with van der Waals surface area (Å²) >= 11 is 1.38. The zero-order valence-corrected chi connectivity index (χ0v) is 14.5. The van der Waals surface area contributed by atoms with E-state index in [1.165, 1.54) is 23.2 Å². The SMILES string of the molecule is CC[C@@H](C(=O)[O-])n1cnc2scc(-c3ccc(C)c(C)c3)c2c1=O. The second-order valence-corrected chi connectivity index (χ2v) is 6.69. The molecule has 24 heavy (non-hydrogen) atoms. The summed E-state index contributed by atoms with van der Waals surface area (Å²) in [5, 5.41) is 13.7. The van der Waals surface area contributed by atoms with Gasteiger partial charge in [-0.25, -0.2) is 4.98 Å². The standard InChI is InChI=1S/C18H18N2O3S/c1-4-14(18(22)23)20-9-19-16-15(17(20)21)13(8-24-16)12-6-5-10(2)11(3)7-12/h5-9,14H,4H2,1-3H3,(H,22,23)/p-1/t14-/m0/s1. The number of thiophene rings is 1. The van der Waals surface area contributed by atoms with Crippen LogP contribution in [0.1, 0.15) is 30.5 Å². The summed E-state index contributed by atoms with van der Waals surface area (Å²) in [5.41, 5.74) is 3.69. The Balaban J connectivity index is 2.26. The molecule has 0 aliphatic heterocycles. The average molecular weight is 341 g/mol. The molecule has 1 atom stereocenters. The first-order chi connectivity index (χ1) is 11.4. The van der Waals surface area contributed by atoms with E-state index in [9.17, 15) is 14.7 Å². The van der Waals surface area contributed by atoms with Gasteiger partial charge in [0.25, 0.3) is 5.56 Å². The van der Waals surface area contributed by atoms with Crippen molar-refractivity contribution in [3.63, 3.8) is 0 Å². The molecule has 0 amide bonds. The molecule has 124 valence electrons. The van der Waals surface area contributed by atoms with Crippen molar-refractivity contribution < 1.29 is 9.90 Å². The molecule has 0 N–H and O–H groups in total. The second-order valence-electron chi connectivity index (χ2n) is 5.83. The van der Waals surface area contributed by atoms with Crippen LogP contribution in [0.2, 0.25) is 0 Å². The number of benzene rings is 1. The van der Waals surface area contributed by atoms with E-state index in [2.05, 4.69) is 4.98 Å². The fourth-order valence-corrected chi connectivity index (χ4v) is 3.67. The molecule has 2 heterocycles. The van der Waals surface area contributed by atoms with Crippen molar-refractivity contribution in [1.82, 2.24) is 9.55 Å². The second kappa shape index (κ2) is 6.20. The van der Waals surface area contributed by atoms with Crippen molar-refractivity contribution in [2.45, 2.75) is 33.2 Å². The topological polar surface area (TPSA) is 75.0 Å². The largest absolute Gasteiger partial charge is 0.548 e. The van der Waals surface area contributed by atoms with Crippen LogP contribution in [0.5, 0.6) is 0 Å². The maximum absolute atomic E-state index is 12.9. The number of nitrogens with zero attached hydrogens (tertiary/aromatic N) is 2. The van der Waals surface area contributed by atoms with E-state index in [1.54, 1.807) is 6.92 Å². The van der Waals surface area contributed by atoms with Crippen LogP contribution in [0.15, 0.2) is 34.7 Å². The van der Waals surface area contributed by atoms with Gasteiger partial charge in [-0.05, 0) is 37.0 Å². The third-order valence-electron chi connectivity index (χ3n) is 4.33. The number of aryl methyl sites for hydroxylation is 2. The molecule has 0 saturated carbocycles. The number of carboxylic acids is 1. The molecule has 5 nitrogen and oxygen atoms in total. The number of fused-ring (bicyclic) bond motifs is 1. The summed E-state index contributed by atoms with van der Waals surface area (Å²) in [6.07, 6.45) is 1.56. The molecule has 3 aromatic rings. The third-order valence-corrected chi connectivity index (χ3v) is 5.22. The lowest BCUT2D eigenvalue weighted by Crippen LogP contribution is -2.37. The highest BCUT2D eigenvalue weighted by molar-refractivity contribution is 7.17. The van der Waals surface area contributed by atoms with Gasteiger partial charge in [0.2, 0.25) is 0 Å². The van der Waals surface area contributed by atoms with E-state index in [-0.39, 0.29) is 12.0 Å². The van der Waals surface area contributed by atoms with Gasteiger partial charge in [0.05, 0.1) is 23.7 Å². The van der Waals surface area contributed by atoms with Crippen LogP contribution in [0.4, 0.5) is 0 Å². The first kappa shape index (κ1) is 16.4. The summed E-state index contributed by atoms with van der Waals surface area (Å²) in [4.78, 5) is 29.1. The number of rotatable bonds is 4. The molecule has 0 radical (unpaired) electrons. The van der Waals surface area contributed by atoms with Crippen LogP contribution in [0.3, 0.4) is 0 Å². The zero-order chi connectivity index (χ0) is 17.4. The van der Waals surface area contributed by atoms with E-state index in [1.807, 2.05) is 37.4 Å². The Hall–Kier alpha value is -2.47. The van der Waals surface area contributed by atoms with Crippen LogP contribution in [-0.4, -0.2) is 15.5 Å². The van der Waals surface area contributed by atoms with Crippen LogP contribution in [0.25, 0.3) is 21.3 Å². The molecular weight excluding hydrogens is 324 g/mol. The van der Waals surface area contributed by atoms with Crippen LogP contribution in [-0.2, 0) is 4.79 Å². The van der Waals surface area contributed by atoms with Crippen LogP contribution < -0.4 is 10.7 Å². The number of hydrogen-bond acceptors (Lipinski definition) is 5. The Morgan fingerprint density at radius 1 is 1.33 bits per heavy atom. The van der Waals surface area contributed by atoms with Gasteiger partial charge in [0.1, 0.15) is 4.83 Å². The first-order valence-corrected chi connectivity index (χ1v) is 8.58. The highest BCUT2D eigenvalue weighted by Crippen LogP contribution is 2.32. The maximum atomic E-state index is 12.9. The summed E-state index contributed by atoms with van der Waals surface area (Å²) in [6, 6.07) is 5.00. The Labute approximate surface area is 143 Å². The minimum atomic E-state index is -1.27. The van der Waals surface area contributed by atoms with E-state index >= 15 is 0 Å². The number of aliphatic carboxylic acids is 1. The van der Waals surface area contributed by atoms with E-state index in [4.69, 9.17) is 0 Å². The van der Waals surface area contributed by atoms with E-state index < -0.39 is 12.0 Å². The molecule has 6 heteroatoms. The Morgan fingerprint density at radius 3 is 2.71 bits per heavy atom. The number of aromatic nitrogens is 2. The normalized spacial score (nSPS) is 12.5. The number of carbonyl (C=O) groups excluding carboxylic acids is 1. The van der Waals surface area contributed by atoms with Crippen molar-refractivity contribution in [1.29, 1.82) is 0 Å². The lowest BCUT2D eigenvalue weighted by molar-refractivity contribution is -0.310. The summed E-state index contributed by atoms with van der Waals surface area (Å²) < 4.78 is 1.16. The predicted molar refractivity (Wildman–Crippen MR) is 93.1 cm³/mol. The van der Waals surface area contributed by atoms with Crippen molar-refractivity contribution in [2.24, 2.45) is 0 Å². The van der Waals surface area contributed by atoms with E-state index in [0.717, 1.165) is 21.3 Å². The molecule has 0 saturated heterocycles. The van der Waals surface area contributed by atoms with Crippen molar-refractivity contribution in [3.8, 4) is 11.1 Å². The van der Waals surface area contributed by atoms with Crippen molar-refractivity contribution in [2.75, 3.05) is 0 Å². The van der Waals surface area contributed by atoms with Gasteiger partial charge < -0.3 is 9.90 Å². The van der Waals surface area contributed by atoms with Gasteiger partial charge in [-0.3, -0.25) is 9.36 Å². The smallest absolute Gasteiger partial charge is 0.263 e. The fourth-order valence-electron chi connectivity index (χ4n) is 2.77. The molecule has 0 bridgehead atoms. The van der Waals surface area contributed by atoms with Crippen LogP contribution in [0, 0.1) is 13.8 Å². The molecule has 0 unspecified atom stereocenters. The van der Waals surface area contributed by atoms with Crippen molar-refractivity contribution in [3.05, 3.63) is 51.4 Å². The van der Waals surface area contributed by atoms with Crippen molar-refractivity contribution >= 4 is 27.5 Å². The van der Waals surface area contributed by atoms with E-state index in [0.29, 0.717) is 10.2 Å². The molecule has 0 fully saturated rings. The highest BCUT2D eigenvalue weighted by Gasteiger charge is 2.18. The summed E-state index contributed by atoms with van der Waals surface area (Å²) in [5.74, 6) is -1.27. The summed E-state index contributed by atoms with van der Waals surface area (Å²) in [6.45, 7) is 5.76. The van der Waals surface area contributed by atoms with Crippen LogP contribution >= 0.6 is 11.3 Å². The highest BCUT2D eigenvalue weighted by atomic mass is 32.1. The van der Waals surface area contributed by atoms with Gasteiger partial charge in [0.15, 0.2) is 0 Å². The quantitative estimate of drug-likeness (QED) is 0.730. The molecule has 1 aromatic carbocycles. The molecule has 0 aliphatic carbocycles. The number of hydrogen-bond donors (Lipinski definition) is 0. The Kier molecular flexibility index (Phi) is 4.24. The lowest BCUT2D eigenvalue weighted by atomic mass is 10.0. The number of carboxylic acid groups (broad SMARTS) is 1. The Bertz CT molecular complexity index is 988. The van der Waals surface area contributed by atoms with Gasteiger partial charge in [-0.1, -0.05) is 25.1 Å². The lowest BCUT2D eigenvalue weighted by Gasteiger charge is -2.18. The monoisotopic (exact) mass is 341 g/mol. The van der Waals surface area contributed by atoms with Gasteiger partial charge in [-0.2, -0.15) is 0 Å². The first-order valence-electron chi connectivity index (χ1n) is 7.70. The Morgan fingerprint density at radius 2 is 2.08 bits per heavy atom. The van der Waals surface area contributed by atoms with Gasteiger partial charge in [0, 0.05) is 10.9 Å². The fraction of sp³-hybridized carbons (Fsp3) is 0.278. The number of carbonyl (C=O) groups is 1. The summed E-state index contributed by atoms with van der Waals surface area (Å²) in [7, 11) is 0. The third kappa shape index (κ3) is 2.63. The molecular formula is C18H17N2O3S-. The van der Waals surface area contributed by atoms with Gasteiger partial charge >= 0.3 is 0 Å². The molecule has 3 rings (SSSR count).